The average molecular weight is 637 g/mol. The molecule has 232 valence electrons. The molecule has 0 radical (unpaired) electrons. The third-order valence-corrected chi connectivity index (χ3v) is 8.67. The summed E-state index contributed by atoms with van der Waals surface area (Å²) in [7, 11) is 0. The van der Waals surface area contributed by atoms with Crippen molar-refractivity contribution in [1.82, 2.24) is 10.3 Å². The van der Waals surface area contributed by atoms with E-state index in [1.165, 1.54) is 11.8 Å². The molecular weight excluding hydrogens is 605 g/mol. The van der Waals surface area contributed by atoms with Crippen molar-refractivity contribution in [1.29, 1.82) is 0 Å². The normalized spacial score (nSPS) is 11.9. The molecular formula is C39H32N4O3S. The molecule has 1 heterocycles. The number of carbonyl (C=O) groups excluding carboxylic acids is 3. The minimum absolute atomic E-state index is 0.0846. The Morgan fingerprint density at radius 3 is 2.17 bits per heavy atom. The number of amides is 3. The average Bonchev–Trinajstić information content (AvgIpc) is 3.50. The quantitative estimate of drug-likeness (QED) is 0.0896. The number of hydrogen-bond acceptors (Lipinski definition) is 4. The number of thioether (sulfide) groups is 1. The van der Waals surface area contributed by atoms with E-state index in [1.54, 1.807) is 42.6 Å². The van der Waals surface area contributed by atoms with E-state index in [4.69, 9.17) is 0 Å². The highest BCUT2D eigenvalue weighted by Crippen LogP contribution is 2.37. The lowest BCUT2D eigenvalue weighted by atomic mass is 10.1. The first-order chi connectivity index (χ1) is 22.9. The van der Waals surface area contributed by atoms with Gasteiger partial charge >= 0.3 is 0 Å². The predicted molar refractivity (Wildman–Crippen MR) is 190 cm³/mol. The van der Waals surface area contributed by atoms with E-state index >= 15 is 0 Å². The second kappa shape index (κ2) is 14.5. The van der Waals surface area contributed by atoms with Crippen molar-refractivity contribution in [2.75, 3.05) is 10.6 Å². The van der Waals surface area contributed by atoms with Gasteiger partial charge in [-0.2, -0.15) is 0 Å². The Morgan fingerprint density at radius 1 is 0.723 bits per heavy atom. The Kier molecular flexibility index (Phi) is 9.60. The van der Waals surface area contributed by atoms with Crippen molar-refractivity contribution in [3.05, 3.63) is 168 Å². The number of carbonyl (C=O) groups is 3. The Hall–Kier alpha value is -5.86. The monoisotopic (exact) mass is 636 g/mol. The summed E-state index contributed by atoms with van der Waals surface area (Å²) in [6.07, 6.45) is 3.46. The molecule has 0 saturated carbocycles. The molecule has 47 heavy (non-hydrogen) atoms. The Balaban J connectivity index is 1.25. The zero-order valence-electron chi connectivity index (χ0n) is 25.6. The number of anilines is 2. The highest BCUT2D eigenvalue weighted by atomic mass is 32.2. The van der Waals surface area contributed by atoms with E-state index in [9.17, 15) is 14.4 Å². The molecule has 1 atom stereocenters. The van der Waals surface area contributed by atoms with Crippen LogP contribution in [0.25, 0.3) is 17.0 Å². The van der Waals surface area contributed by atoms with Crippen LogP contribution in [0.15, 0.2) is 150 Å². The van der Waals surface area contributed by atoms with Gasteiger partial charge in [0.25, 0.3) is 11.8 Å². The molecule has 6 rings (SSSR count). The van der Waals surface area contributed by atoms with E-state index in [1.807, 2.05) is 110 Å². The molecule has 6 aromatic rings. The summed E-state index contributed by atoms with van der Waals surface area (Å²) in [4.78, 5) is 44.5. The fourth-order valence-electron chi connectivity index (χ4n) is 5.12. The van der Waals surface area contributed by atoms with Crippen LogP contribution in [0.3, 0.4) is 0 Å². The molecule has 0 bridgehead atoms. The number of para-hydroxylation sites is 1. The maximum atomic E-state index is 13.8. The summed E-state index contributed by atoms with van der Waals surface area (Å²) in [6.45, 7) is 1.98. The van der Waals surface area contributed by atoms with Gasteiger partial charge in [0.1, 0.15) is 10.9 Å². The molecule has 0 aliphatic carbocycles. The fourth-order valence-corrected chi connectivity index (χ4v) is 6.21. The summed E-state index contributed by atoms with van der Waals surface area (Å²) in [5.74, 6) is -1.05. The molecule has 7 nitrogen and oxygen atoms in total. The highest BCUT2D eigenvalue weighted by molar-refractivity contribution is 8.00. The zero-order chi connectivity index (χ0) is 32.6. The summed E-state index contributed by atoms with van der Waals surface area (Å²) < 4.78 is 0. The van der Waals surface area contributed by atoms with Gasteiger partial charge in [-0.05, 0) is 72.7 Å². The van der Waals surface area contributed by atoms with Gasteiger partial charge in [-0.1, -0.05) is 84.9 Å². The van der Waals surface area contributed by atoms with E-state index in [0.717, 1.165) is 38.2 Å². The van der Waals surface area contributed by atoms with Crippen LogP contribution in [-0.4, -0.2) is 22.7 Å². The molecule has 0 spiro atoms. The number of hydrogen-bond donors (Lipinski definition) is 4. The second-order valence-corrected chi connectivity index (χ2v) is 12.1. The molecule has 0 fully saturated rings. The molecule has 0 saturated heterocycles. The summed E-state index contributed by atoms with van der Waals surface area (Å²) in [6, 6.07) is 41.1. The number of aromatic amines is 1. The third-order valence-electron chi connectivity index (χ3n) is 7.42. The number of nitrogens with one attached hydrogen (secondary N) is 4. The van der Waals surface area contributed by atoms with Gasteiger partial charge in [0.2, 0.25) is 5.91 Å². The van der Waals surface area contributed by atoms with Crippen LogP contribution in [0, 0.1) is 6.92 Å². The van der Waals surface area contributed by atoms with Crippen molar-refractivity contribution in [3.63, 3.8) is 0 Å². The zero-order valence-corrected chi connectivity index (χ0v) is 26.4. The van der Waals surface area contributed by atoms with Crippen LogP contribution in [0.4, 0.5) is 11.4 Å². The Morgan fingerprint density at radius 2 is 1.40 bits per heavy atom. The van der Waals surface area contributed by atoms with E-state index < -0.39 is 17.1 Å². The number of H-pyrrole nitrogens is 1. The van der Waals surface area contributed by atoms with Crippen LogP contribution in [0.1, 0.15) is 32.3 Å². The lowest BCUT2D eigenvalue weighted by Gasteiger charge is -2.18. The minimum atomic E-state index is -0.551. The maximum absolute atomic E-state index is 13.8. The topological polar surface area (TPSA) is 103 Å². The first kappa shape index (κ1) is 31.1. The molecule has 1 aromatic heterocycles. The van der Waals surface area contributed by atoms with Gasteiger partial charge in [0.15, 0.2) is 0 Å². The van der Waals surface area contributed by atoms with Crippen molar-refractivity contribution in [2.24, 2.45) is 0 Å². The van der Waals surface area contributed by atoms with E-state index in [0.29, 0.717) is 11.3 Å². The molecule has 3 amide bonds. The van der Waals surface area contributed by atoms with Crippen molar-refractivity contribution in [3.8, 4) is 0 Å². The SMILES string of the molecule is Cc1cccc(NC(=O)C(Sc2cccc(NC(=O)/C(=C/c3c[nH]c4ccccc34)NC(=O)c3ccccc3)c2)c2ccccc2)c1. The first-order valence-electron chi connectivity index (χ1n) is 15.1. The molecule has 0 aliphatic rings. The standard InChI is InChI=1S/C39H32N4O3S/c1-26-12-10-17-30(22-26)42-39(46)36(27-13-4-2-5-14-27)47-32-19-11-18-31(24-32)41-38(45)35(43-37(44)28-15-6-3-7-16-28)23-29-25-40-34-21-9-8-20-33(29)34/h2-25,36,40H,1H3,(H,41,45)(H,42,46)(H,43,44)/b35-23-. The van der Waals surface area contributed by atoms with Crippen LogP contribution in [0.2, 0.25) is 0 Å². The number of rotatable bonds is 10. The van der Waals surface area contributed by atoms with Gasteiger partial charge in [-0.15, -0.1) is 11.8 Å². The van der Waals surface area contributed by atoms with Crippen LogP contribution < -0.4 is 16.0 Å². The van der Waals surface area contributed by atoms with E-state index in [2.05, 4.69) is 20.9 Å². The summed E-state index contributed by atoms with van der Waals surface area (Å²) in [5, 5.41) is 9.16. The molecule has 0 aliphatic heterocycles. The van der Waals surface area contributed by atoms with Crippen molar-refractivity contribution < 1.29 is 14.4 Å². The molecule has 1 unspecified atom stereocenters. The van der Waals surface area contributed by atoms with Crippen LogP contribution >= 0.6 is 11.8 Å². The Labute approximate surface area is 277 Å². The smallest absolute Gasteiger partial charge is 0.272 e. The van der Waals surface area contributed by atoms with E-state index in [-0.39, 0.29) is 11.6 Å². The first-order valence-corrected chi connectivity index (χ1v) is 16.0. The molecule has 5 aromatic carbocycles. The number of aryl methyl sites for hydroxylation is 1. The van der Waals surface area contributed by atoms with Gasteiger partial charge in [0.05, 0.1) is 0 Å². The van der Waals surface area contributed by atoms with Crippen LogP contribution in [0.5, 0.6) is 0 Å². The van der Waals surface area contributed by atoms with Gasteiger partial charge < -0.3 is 20.9 Å². The summed E-state index contributed by atoms with van der Waals surface area (Å²) >= 11 is 1.38. The highest BCUT2D eigenvalue weighted by Gasteiger charge is 2.23. The number of benzene rings is 5. The largest absolute Gasteiger partial charge is 0.361 e. The summed E-state index contributed by atoms with van der Waals surface area (Å²) in [5.41, 5.74) is 5.33. The van der Waals surface area contributed by atoms with Crippen molar-refractivity contribution >= 4 is 57.8 Å². The number of fused-ring (bicyclic) bond motifs is 1. The fraction of sp³-hybridized carbons (Fsp3) is 0.0513. The van der Waals surface area contributed by atoms with Crippen molar-refractivity contribution in [2.45, 2.75) is 17.1 Å². The third kappa shape index (κ3) is 7.87. The van der Waals surface area contributed by atoms with Gasteiger partial charge in [0, 0.05) is 44.5 Å². The molecule has 4 N–H and O–H groups in total. The number of aromatic nitrogens is 1. The predicted octanol–water partition coefficient (Wildman–Crippen LogP) is 8.36. The van der Waals surface area contributed by atoms with Gasteiger partial charge in [-0.25, -0.2) is 0 Å². The molecule has 8 heteroatoms. The Bertz CT molecular complexity index is 2070. The maximum Gasteiger partial charge on any atom is 0.272 e. The minimum Gasteiger partial charge on any atom is -0.361 e. The lowest BCUT2D eigenvalue weighted by molar-refractivity contribution is -0.116. The van der Waals surface area contributed by atoms with Gasteiger partial charge in [-0.3, -0.25) is 14.4 Å². The van der Waals surface area contributed by atoms with Crippen LogP contribution in [-0.2, 0) is 9.59 Å². The second-order valence-electron chi connectivity index (χ2n) is 10.9. The lowest BCUT2D eigenvalue weighted by Crippen LogP contribution is -2.30.